The highest BCUT2D eigenvalue weighted by molar-refractivity contribution is 5.99. The number of carboxylic acid groups (broad SMARTS) is 1. The number of nitrogens with one attached hydrogen (secondary N) is 1. The van der Waals surface area contributed by atoms with Gasteiger partial charge in [-0.25, -0.2) is 4.39 Å². The van der Waals surface area contributed by atoms with Gasteiger partial charge in [0.15, 0.2) is 0 Å². The predicted molar refractivity (Wildman–Crippen MR) is 97.3 cm³/mol. The van der Waals surface area contributed by atoms with Crippen molar-refractivity contribution in [1.29, 1.82) is 0 Å². The van der Waals surface area contributed by atoms with Gasteiger partial charge in [-0.3, -0.25) is 19.2 Å². The predicted octanol–water partition coefficient (Wildman–Crippen LogP) is 1.11. The summed E-state index contributed by atoms with van der Waals surface area (Å²) in [6.07, 6.45) is 1.78. The van der Waals surface area contributed by atoms with E-state index in [4.69, 9.17) is 5.11 Å². The van der Waals surface area contributed by atoms with Gasteiger partial charge in [0.2, 0.25) is 11.8 Å². The van der Waals surface area contributed by atoms with E-state index in [1.165, 1.54) is 18.0 Å². The largest absolute Gasteiger partial charge is 0.481 e. The Hall–Kier alpha value is -2.97. The molecule has 1 saturated heterocycles. The van der Waals surface area contributed by atoms with Gasteiger partial charge >= 0.3 is 5.97 Å². The third kappa shape index (κ3) is 4.13. The lowest BCUT2D eigenvalue weighted by molar-refractivity contribution is -0.145. The molecule has 3 rings (SSSR count). The number of piperidine rings is 1. The molecule has 2 aliphatic heterocycles. The Labute approximate surface area is 161 Å². The summed E-state index contributed by atoms with van der Waals surface area (Å²) >= 11 is 0. The molecule has 0 aliphatic carbocycles. The van der Waals surface area contributed by atoms with E-state index in [0.29, 0.717) is 37.1 Å². The summed E-state index contributed by atoms with van der Waals surface area (Å²) in [6.45, 7) is 0.291. The maximum absolute atomic E-state index is 14.4. The van der Waals surface area contributed by atoms with E-state index in [2.05, 4.69) is 5.32 Å². The third-order valence-corrected chi connectivity index (χ3v) is 5.16. The molecule has 3 amide bonds. The molecule has 0 radical (unpaired) electrons. The highest BCUT2D eigenvalue weighted by atomic mass is 19.1. The number of carbonyl (C=O) groups is 4. The van der Waals surface area contributed by atoms with Gasteiger partial charge in [-0.2, -0.15) is 0 Å². The minimum atomic E-state index is -0.940. The number of aliphatic carboxylic acids is 1. The molecule has 1 fully saturated rings. The summed E-state index contributed by atoms with van der Waals surface area (Å²) in [7, 11) is 1.40. The number of benzene rings is 1. The summed E-state index contributed by atoms with van der Waals surface area (Å²) in [4.78, 5) is 50.2. The molecule has 1 aromatic carbocycles. The fourth-order valence-electron chi connectivity index (χ4n) is 3.55. The molecule has 2 heterocycles. The molecule has 150 valence electrons. The van der Waals surface area contributed by atoms with Crippen molar-refractivity contribution in [3.63, 3.8) is 0 Å². The standard InChI is InChI=1S/C19H22FN3O5/c1-22(10-17(25)23-6-2-3-12(9-23)19(27)28)18(26)13-7-11-4-5-16(24)21-15(11)8-14(13)20/h7-8,12H,2-6,9-10H2,1H3,(H,21,24)(H,27,28). The fraction of sp³-hybridized carbons (Fsp3) is 0.474. The molecule has 28 heavy (non-hydrogen) atoms. The molecule has 8 nitrogen and oxygen atoms in total. The first-order chi connectivity index (χ1) is 13.3. The Bertz CT molecular complexity index is 841. The normalized spacial score (nSPS) is 18.9. The van der Waals surface area contributed by atoms with Crippen LogP contribution in [0.2, 0.25) is 0 Å². The first-order valence-electron chi connectivity index (χ1n) is 9.14. The zero-order chi connectivity index (χ0) is 20.4. The van der Waals surface area contributed by atoms with Crippen LogP contribution in [0.5, 0.6) is 0 Å². The summed E-state index contributed by atoms with van der Waals surface area (Å²) in [6, 6.07) is 2.53. The van der Waals surface area contributed by atoms with Gasteiger partial charge in [0, 0.05) is 32.2 Å². The Morgan fingerprint density at radius 3 is 2.79 bits per heavy atom. The number of hydrogen-bond donors (Lipinski definition) is 2. The first kappa shape index (κ1) is 19.8. The average molecular weight is 391 g/mol. The molecule has 0 saturated carbocycles. The highest BCUT2D eigenvalue weighted by Crippen LogP contribution is 2.26. The van der Waals surface area contributed by atoms with Crippen LogP contribution < -0.4 is 5.32 Å². The van der Waals surface area contributed by atoms with E-state index < -0.39 is 23.6 Å². The van der Waals surface area contributed by atoms with Crippen LogP contribution in [-0.4, -0.2) is 65.3 Å². The van der Waals surface area contributed by atoms with Gasteiger partial charge in [-0.15, -0.1) is 0 Å². The second-order valence-corrected chi connectivity index (χ2v) is 7.22. The van der Waals surface area contributed by atoms with E-state index in [-0.39, 0.29) is 36.9 Å². The van der Waals surface area contributed by atoms with Gasteiger partial charge in [-0.05, 0) is 37.0 Å². The van der Waals surface area contributed by atoms with Crippen LogP contribution in [-0.2, 0) is 20.8 Å². The molecule has 2 N–H and O–H groups in total. The summed E-state index contributed by atoms with van der Waals surface area (Å²) in [5.74, 6) is -3.52. The number of halogens is 1. The second kappa shape index (κ2) is 7.95. The summed E-state index contributed by atoms with van der Waals surface area (Å²) < 4.78 is 14.4. The molecule has 2 aliphatic rings. The van der Waals surface area contributed by atoms with Gasteiger partial charge in [-0.1, -0.05) is 0 Å². The summed E-state index contributed by atoms with van der Waals surface area (Å²) in [5.41, 5.74) is 0.869. The van der Waals surface area contributed by atoms with Gasteiger partial charge in [0.1, 0.15) is 5.82 Å². The van der Waals surface area contributed by atoms with Crippen molar-refractivity contribution < 1.29 is 28.7 Å². The molecule has 0 aromatic heterocycles. The van der Waals surface area contributed by atoms with Crippen LogP contribution in [0.4, 0.5) is 10.1 Å². The lowest BCUT2D eigenvalue weighted by Gasteiger charge is -2.32. The van der Waals surface area contributed by atoms with E-state index >= 15 is 0 Å². The van der Waals surface area contributed by atoms with Gasteiger partial charge in [0.05, 0.1) is 18.0 Å². The highest BCUT2D eigenvalue weighted by Gasteiger charge is 2.30. The monoisotopic (exact) mass is 391 g/mol. The second-order valence-electron chi connectivity index (χ2n) is 7.22. The minimum Gasteiger partial charge on any atom is -0.481 e. The first-order valence-corrected chi connectivity index (χ1v) is 9.14. The van der Waals surface area contributed by atoms with Crippen LogP contribution in [0.25, 0.3) is 0 Å². The lowest BCUT2D eigenvalue weighted by Crippen LogP contribution is -2.47. The van der Waals surface area contributed by atoms with Crippen molar-refractivity contribution in [2.75, 3.05) is 32.0 Å². The van der Waals surface area contributed by atoms with Gasteiger partial charge in [0.25, 0.3) is 5.91 Å². The van der Waals surface area contributed by atoms with Crippen LogP contribution in [0.15, 0.2) is 12.1 Å². The molecule has 0 spiro atoms. The Balaban J connectivity index is 1.68. The molecular weight excluding hydrogens is 369 g/mol. The number of carbonyl (C=O) groups excluding carboxylic acids is 3. The number of carboxylic acids is 1. The molecule has 9 heteroatoms. The van der Waals surface area contributed by atoms with Crippen LogP contribution in [0.1, 0.15) is 35.2 Å². The molecule has 1 atom stereocenters. The Morgan fingerprint density at radius 1 is 1.32 bits per heavy atom. The van der Waals surface area contributed by atoms with E-state index in [9.17, 15) is 23.6 Å². The van der Waals surface area contributed by atoms with Crippen molar-refractivity contribution in [3.05, 3.63) is 29.1 Å². The quantitative estimate of drug-likeness (QED) is 0.800. The minimum absolute atomic E-state index is 0.114. The van der Waals surface area contributed by atoms with Crippen molar-refractivity contribution >= 4 is 29.4 Å². The molecule has 0 bridgehead atoms. The van der Waals surface area contributed by atoms with Crippen LogP contribution in [0.3, 0.4) is 0 Å². The maximum atomic E-state index is 14.4. The Morgan fingerprint density at radius 2 is 2.07 bits per heavy atom. The topological polar surface area (TPSA) is 107 Å². The number of likely N-dealkylation sites (tertiary alicyclic amines) is 1. The number of anilines is 1. The fourth-order valence-corrected chi connectivity index (χ4v) is 3.55. The zero-order valence-electron chi connectivity index (χ0n) is 15.5. The van der Waals surface area contributed by atoms with E-state index in [0.717, 1.165) is 11.0 Å². The number of hydrogen-bond acceptors (Lipinski definition) is 4. The van der Waals surface area contributed by atoms with Crippen LogP contribution >= 0.6 is 0 Å². The number of fused-ring (bicyclic) bond motifs is 1. The lowest BCUT2D eigenvalue weighted by atomic mass is 9.98. The van der Waals surface area contributed by atoms with Crippen molar-refractivity contribution in [1.82, 2.24) is 9.80 Å². The number of aryl methyl sites for hydroxylation is 1. The van der Waals surface area contributed by atoms with Crippen molar-refractivity contribution in [2.24, 2.45) is 5.92 Å². The van der Waals surface area contributed by atoms with Crippen molar-refractivity contribution in [2.45, 2.75) is 25.7 Å². The zero-order valence-corrected chi connectivity index (χ0v) is 15.5. The summed E-state index contributed by atoms with van der Waals surface area (Å²) in [5, 5.41) is 11.7. The SMILES string of the molecule is CN(CC(=O)N1CCCC(C(=O)O)C1)C(=O)c1cc2c(cc1F)NC(=O)CC2. The molecule has 1 unspecified atom stereocenters. The third-order valence-electron chi connectivity index (χ3n) is 5.16. The molecule has 1 aromatic rings. The number of amides is 3. The average Bonchev–Trinajstić information content (AvgIpc) is 2.66. The van der Waals surface area contributed by atoms with E-state index in [1.807, 2.05) is 0 Å². The maximum Gasteiger partial charge on any atom is 0.308 e. The Kier molecular flexibility index (Phi) is 5.62. The number of nitrogens with zero attached hydrogens (tertiary/aromatic N) is 2. The number of rotatable bonds is 4. The number of likely N-dealkylation sites (N-methyl/N-ethyl adjacent to an activating group) is 1. The molecular formula is C19H22FN3O5. The van der Waals surface area contributed by atoms with Gasteiger partial charge < -0.3 is 20.2 Å². The van der Waals surface area contributed by atoms with E-state index in [1.54, 1.807) is 0 Å². The smallest absolute Gasteiger partial charge is 0.308 e. The van der Waals surface area contributed by atoms with Crippen molar-refractivity contribution in [3.8, 4) is 0 Å². The van der Waals surface area contributed by atoms with Crippen LogP contribution in [0, 0.1) is 11.7 Å².